The summed E-state index contributed by atoms with van der Waals surface area (Å²) in [6.07, 6.45) is 1.67. The van der Waals surface area contributed by atoms with Crippen LogP contribution in [0, 0.1) is 6.92 Å². The highest BCUT2D eigenvalue weighted by molar-refractivity contribution is 6.02. The number of hydrogen-bond acceptors (Lipinski definition) is 4. The molecule has 0 fully saturated rings. The number of nitrogens with one attached hydrogen (secondary N) is 1. The number of ether oxygens (including phenoxy) is 1. The molecule has 0 spiro atoms. The number of furan rings is 1. The van der Waals surface area contributed by atoms with Crippen LogP contribution in [0.5, 0.6) is 5.75 Å². The lowest BCUT2D eigenvalue weighted by Crippen LogP contribution is -2.16. The number of hydrazone groups is 1. The van der Waals surface area contributed by atoms with Gasteiger partial charge in [-0.05, 0) is 44.2 Å². The summed E-state index contributed by atoms with van der Waals surface area (Å²) in [5.41, 5.74) is 6.35. The van der Waals surface area contributed by atoms with E-state index in [4.69, 9.17) is 9.15 Å². The number of carbonyl (C=O) groups excluding carboxylic acids is 1. The Bertz CT molecular complexity index is 1200. The van der Waals surface area contributed by atoms with Gasteiger partial charge in [-0.1, -0.05) is 18.2 Å². The maximum atomic E-state index is 12.4. The van der Waals surface area contributed by atoms with Gasteiger partial charge in [0.05, 0.1) is 12.8 Å². The molecule has 4 aromatic rings. The van der Waals surface area contributed by atoms with Crippen molar-refractivity contribution in [2.24, 2.45) is 12.1 Å². The highest BCUT2D eigenvalue weighted by Crippen LogP contribution is 2.25. The number of aromatic nitrogens is 1. The zero-order chi connectivity index (χ0) is 19.7. The first-order valence-corrected chi connectivity index (χ1v) is 9.12. The Labute approximate surface area is 162 Å². The van der Waals surface area contributed by atoms with E-state index in [1.807, 2.05) is 51.2 Å². The largest absolute Gasteiger partial charge is 0.494 e. The second kappa shape index (κ2) is 7.23. The number of rotatable bonds is 5. The van der Waals surface area contributed by atoms with E-state index in [9.17, 15) is 4.79 Å². The van der Waals surface area contributed by atoms with Crippen molar-refractivity contribution in [3.05, 3.63) is 65.5 Å². The third kappa shape index (κ3) is 3.13. The van der Waals surface area contributed by atoms with Crippen molar-refractivity contribution in [1.29, 1.82) is 0 Å². The van der Waals surface area contributed by atoms with Gasteiger partial charge >= 0.3 is 5.91 Å². The van der Waals surface area contributed by atoms with E-state index in [0.29, 0.717) is 12.2 Å². The quantitative estimate of drug-likeness (QED) is 0.415. The maximum absolute atomic E-state index is 12.4. The van der Waals surface area contributed by atoms with Gasteiger partial charge in [0.15, 0.2) is 5.76 Å². The molecular formula is C22H21N3O3. The van der Waals surface area contributed by atoms with Crippen molar-refractivity contribution >= 4 is 34.0 Å². The molecule has 2 heterocycles. The predicted molar refractivity (Wildman–Crippen MR) is 110 cm³/mol. The smallest absolute Gasteiger partial charge is 0.307 e. The molecule has 142 valence electrons. The highest BCUT2D eigenvalue weighted by atomic mass is 16.5. The van der Waals surface area contributed by atoms with Crippen molar-refractivity contribution in [3.63, 3.8) is 0 Å². The van der Waals surface area contributed by atoms with Gasteiger partial charge in [-0.3, -0.25) is 4.79 Å². The Hall–Kier alpha value is -3.54. The van der Waals surface area contributed by atoms with E-state index in [0.717, 1.165) is 33.3 Å². The minimum Gasteiger partial charge on any atom is -0.494 e. The van der Waals surface area contributed by atoms with Crippen LogP contribution >= 0.6 is 0 Å². The Morgan fingerprint density at radius 3 is 2.89 bits per heavy atom. The Kier molecular flexibility index (Phi) is 4.61. The van der Waals surface area contributed by atoms with Crippen molar-refractivity contribution in [3.8, 4) is 5.75 Å². The SMILES string of the molecule is CCOc1ccc2oc(C(=O)N/N=C/c3c(C)n(C)c4ccccc34)cc2c1. The van der Waals surface area contributed by atoms with Gasteiger partial charge in [0.1, 0.15) is 11.3 Å². The number of benzene rings is 2. The fourth-order valence-corrected chi connectivity index (χ4v) is 3.31. The van der Waals surface area contributed by atoms with Gasteiger partial charge in [0.2, 0.25) is 0 Å². The summed E-state index contributed by atoms with van der Waals surface area (Å²) in [4.78, 5) is 12.4. The van der Waals surface area contributed by atoms with Crippen molar-refractivity contribution in [2.75, 3.05) is 6.61 Å². The lowest BCUT2D eigenvalue weighted by Gasteiger charge is -2.00. The Morgan fingerprint density at radius 2 is 2.07 bits per heavy atom. The number of para-hydroxylation sites is 1. The van der Waals surface area contributed by atoms with Gasteiger partial charge < -0.3 is 13.7 Å². The standard InChI is InChI=1S/C22H21N3O3/c1-4-27-16-9-10-20-15(11-16)12-21(28-20)22(26)24-23-13-18-14(2)25(3)19-8-6-5-7-17(18)19/h5-13H,4H2,1-3H3,(H,24,26)/b23-13+. The third-order valence-corrected chi connectivity index (χ3v) is 4.83. The number of aryl methyl sites for hydroxylation is 1. The molecular weight excluding hydrogens is 354 g/mol. The summed E-state index contributed by atoms with van der Waals surface area (Å²) >= 11 is 0. The van der Waals surface area contributed by atoms with E-state index in [2.05, 4.69) is 21.2 Å². The number of fused-ring (bicyclic) bond motifs is 2. The minimum absolute atomic E-state index is 0.204. The average Bonchev–Trinajstić information content (AvgIpc) is 3.23. The van der Waals surface area contributed by atoms with Crippen LogP contribution in [-0.2, 0) is 7.05 Å². The molecule has 0 radical (unpaired) electrons. The van der Waals surface area contributed by atoms with Crippen LogP contribution in [0.15, 0.2) is 58.0 Å². The fourth-order valence-electron chi connectivity index (χ4n) is 3.31. The molecule has 4 rings (SSSR count). The summed E-state index contributed by atoms with van der Waals surface area (Å²) < 4.78 is 13.2. The summed E-state index contributed by atoms with van der Waals surface area (Å²) in [5.74, 6) is 0.547. The zero-order valence-corrected chi connectivity index (χ0v) is 16.0. The molecule has 0 aliphatic heterocycles. The van der Waals surface area contributed by atoms with Crippen LogP contribution in [-0.4, -0.2) is 23.3 Å². The zero-order valence-electron chi connectivity index (χ0n) is 16.0. The molecule has 0 bridgehead atoms. The molecule has 0 aliphatic carbocycles. The van der Waals surface area contributed by atoms with Crippen molar-refractivity contribution in [2.45, 2.75) is 13.8 Å². The van der Waals surface area contributed by atoms with Gasteiger partial charge in [0, 0.05) is 34.6 Å². The van der Waals surface area contributed by atoms with Crippen LogP contribution in [0.3, 0.4) is 0 Å². The van der Waals surface area contributed by atoms with Gasteiger partial charge in [-0.15, -0.1) is 0 Å². The Balaban J connectivity index is 1.55. The van der Waals surface area contributed by atoms with Crippen molar-refractivity contribution in [1.82, 2.24) is 9.99 Å². The molecule has 0 saturated carbocycles. The van der Waals surface area contributed by atoms with Crippen LogP contribution in [0.4, 0.5) is 0 Å². The van der Waals surface area contributed by atoms with Crippen molar-refractivity contribution < 1.29 is 13.9 Å². The minimum atomic E-state index is -0.400. The van der Waals surface area contributed by atoms with Crippen LogP contribution in [0.25, 0.3) is 21.9 Å². The molecule has 0 aliphatic rings. The first kappa shape index (κ1) is 17.9. The first-order valence-electron chi connectivity index (χ1n) is 9.12. The predicted octanol–water partition coefficient (Wildman–Crippen LogP) is 4.40. The normalized spacial score (nSPS) is 11.5. The first-order chi connectivity index (χ1) is 13.6. The average molecular weight is 375 g/mol. The van der Waals surface area contributed by atoms with E-state index in [1.54, 1.807) is 18.3 Å². The summed E-state index contributed by atoms with van der Waals surface area (Å²) in [6.45, 7) is 4.53. The second-order valence-corrected chi connectivity index (χ2v) is 6.52. The molecule has 6 heteroatoms. The third-order valence-electron chi connectivity index (χ3n) is 4.83. The number of hydrogen-bond donors (Lipinski definition) is 1. The summed E-state index contributed by atoms with van der Waals surface area (Å²) in [5, 5.41) is 6.04. The Morgan fingerprint density at radius 1 is 1.25 bits per heavy atom. The van der Waals surface area contributed by atoms with E-state index in [-0.39, 0.29) is 5.76 Å². The topological polar surface area (TPSA) is 68.8 Å². The molecule has 0 atom stereocenters. The van der Waals surface area contributed by atoms with Gasteiger partial charge in [0.25, 0.3) is 0 Å². The summed E-state index contributed by atoms with van der Waals surface area (Å²) in [6, 6.07) is 15.2. The monoisotopic (exact) mass is 375 g/mol. The van der Waals surface area contributed by atoms with E-state index < -0.39 is 5.91 Å². The molecule has 2 aromatic heterocycles. The van der Waals surface area contributed by atoms with E-state index >= 15 is 0 Å². The maximum Gasteiger partial charge on any atom is 0.307 e. The number of nitrogens with zero attached hydrogens (tertiary/aromatic N) is 2. The summed E-state index contributed by atoms with van der Waals surface area (Å²) in [7, 11) is 2.01. The molecule has 1 N–H and O–H groups in total. The fraction of sp³-hybridized carbons (Fsp3) is 0.182. The van der Waals surface area contributed by atoms with Gasteiger partial charge in [-0.2, -0.15) is 5.10 Å². The second-order valence-electron chi connectivity index (χ2n) is 6.52. The lowest BCUT2D eigenvalue weighted by molar-refractivity contribution is 0.0929. The molecule has 0 saturated heterocycles. The molecule has 1 amide bonds. The van der Waals surface area contributed by atoms with Crippen LogP contribution in [0.1, 0.15) is 28.7 Å². The van der Waals surface area contributed by atoms with Gasteiger partial charge in [-0.25, -0.2) is 5.43 Å². The highest BCUT2D eigenvalue weighted by Gasteiger charge is 2.13. The molecule has 6 nitrogen and oxygen atoms in total. The lowest BCUT2D eigenvalue weighted by atomic mass is 10.1. The molecule has 2 aromatic carbocycles. The molecule has 28 heavy (non-hydrogen) atoms. The van der Waals surface area contributed by atoms with E-state index in [1.165, 1.54) is 0 Å². The molecule has 0 unspecified atom stereocenters. The number of amides is 1. The van der Waals surface area contributed by atoms with Crippen LogP contribution in [0.2, 0.25) is 0 Å². The number of carbonyl (C=O) groups is 1. The van der Waals surface area contributed by atoms with Crippen LogP contribution < -0.4 is 10.2 Å².